The van der Waals surface area contributed by atoms with Crippen LogP contribution in [0.25, 0.3) is 10.9 Å². The van der Waals surface area contributed by atoms with Crippen molar-refractivity contribution in [1.29, 1.82) is 0 Å². The minimum Gasteiger partial charge on any atom is -0.466 e. The Morgan fingerprint density at radius 3 is 2.70 bits per heavy atom. The zero-order valence-electron chi connectivity index (χ0n) is 16.1. The summed E-state index contributed by atoms with van der Waals surface area (Å²) in [6.07, 6.45) is 3.16. The zero-order valence-corrected chi connectivity index (χ0v) is 16.1. The number of fused-ring (bicyclic) bond motifs is 1. The molecule has 5 nitrogen and oxygen atoms in total. The predicted molar refractivity (Wildman–Crippen MR) is 104 cm³/mol. The first kappa shape index (κ1) is 17.6. The van der Waals surface area contributed by atoms with Crippen LogP contribution in [0.3, 0.4) is 0 Å². The molecule has 1 atom stereocenters. The van der Waals surface area contributed by atoms with Crippen LogP contribution in [0.5, 0.6) is 0 Å². The fourth-order valence-corrected chi connectivity index (χ4v) is 4.46. The number of benzene rings is 1. The highest BCUT2D eigenvalue weighted by atomic mass is 16.5. The highest BCUT2D eigenvalue weighted by Crippen LogP contribution is 2.47. The van der Waals surface area contributed by atoms with Gasteiger partial charge in [0, 0.05) is 40.5 Å². The van der Waals surface area contributed by atoms with Crippen LogP contribution < -0.4 is 5.32 Å². The summed E-state index contributed by atoms with van der Waals surface area (Å²) >= 11 is 0. The van der Waals surface area contributed by atoms with E-state index >= 15 is 0 Å². The van der Waals surface area contributed by atoms with E-state index in [1.54, 1.807) is 0 Å². The predicted octanol–water partition coefficient (Wildman–Crippen LogP) is 3.94. The van der Waals surface area contributed by atoms with Gasteiger partial charge < -0.3 is 15.0 Å². The molecule has 0 amide bonds. The SMILES string of the molecule is COC(=O)C1=C(C)NC2=C(C(=O)CC(C)(C)C2)[C@H]1c1c[nH]c2ccccc12. The van der Waals surface area contributed by atoms with E-state index in [0.29, 0.717) is 17.6 Å². The van der Waals surface area contributed by atoms with Gasteiger partial charge in [0.15, 0.2) is 5.78 Å². The van der Waals surface area contributed by atoms with E-state index in [2.05, 4.69) is 24.1 Å². The number of ether oxygens (including phenoxy) is 1. The van der Waals surface area contributed by atoms with Crippen LogP contribution in [0.2, 0.25) is 0 Å². The fourth-order valence-electron chi connectivity index (χ4n) is 4.46. The van der Waals surface area contributed by atoms with Crippen molar-refractivity contribution in [2.24, 2.45) is 5.41 Å². The number of esters is 1. The number of nitrogens with one attached hydrogen (secondary N) is 2. The molecule has 1 aliphatic heterocycles. The lowest BCUT2D eigenvalue weighted by molar-refractivity contribution is -0.136. The van der Waals surface area contributed by atoms with Crippen LogP contribution in [0.15, 0.2) is 53.0 Å². The maximum absolute atomic E-state index is 13.2. The topological polar surface area (TPSA) is 71.2 Å². The van der Waals surface area contributed by atoms with E-state index in [-0.39, 0.29) is 11.2 Å². The molecule has 5 heteroatoms. The number of rotatable bonds is 2. The third-order valence-corrected chi connectivity index (χ3v) is 5.58. The minimum absolute atomic E-state index is 0.0953. The highest BCUT2D eigenvalue weighted by molar-refractivity contribution is 6.05. The van der Waals surface area contributed by atoms with Crippen molar-refractivity contribution in [3.63, 3.8) is 0 Å². The molecule has 0 spiro atoms. The monoisotopic (exact) mass is 364 g/mol. The molecular weight excluding hydrogens is 340 g/mol. The van der Waals surface area contributed by atoms with Gasteiger partial charge in [-0.3, -0.25) is 4.79 Å². The molecule has 0 saturated carbocycles. The second-order valence-electron chi connectivity index (χ2n) is 8.21. The normalized spacial score (nSPS) is 21.9. The van der Waals surface area contributed by atoms with Crippen molar-refractivity contribution >= 4 is 22.7 Å². The average Bonchev–Trinajstić information content (AvgIpc) is 3.02. The van der Waals surface area contributed by atoms with Crippen LogP contribution in [0, 0.1) is 5.41 Å². The fraction of sp³-hybridized carbons (Fsp3) is 0.364. The van der Waals surface area contributed by atoms with Gasteiger partial charge >= 0.3 is 5.97 Å². The number of allylic oxidation sites excluding steroid dienone is 3. The zero-order chi connectivity index (χ0) is 19.3. The summed E-state index contributed by atoms with van der Waals surface area (Å²) in [5, 5.41) is 4.35. The van der Waals surface area contributed by atoms with Gasteiger partial charge in [0.1, 0.15) is 0 Å². The molecule has 0 radical (unpaired) electrons. The number of Topliss-reactive ketones (excluding diaryl/α,β-unsaturated/α-hetero) is 1. The lowest BCUT2D eigenvalue weighted by atomic mass is 9.68. The van der Waals surface area contributed by atoms with Crippen molar-refractivity contribution in [1.82, 2.24) is 10.3 Å². The van der Waals surface area contributed by atoms with Crippen LogP contribution in [-0.4, -0.2) is 23.8 Å². The summed E-state index contributed by atoms with van der Waals surface area (Å²) in [4.78, 5) is 29.1. The van der Waals surface area contributed by atoms with Crippen molar-refractivity contribution in [3.8, 4) is 0 Å². The number of carbonyl (C=O) groups is 2. The number of para-hydroxylation sites is 1. The first-order chi connectivity index (χ1) is 12.8. The summed E-state index contributed by atoms with van der Waals surface area (Å²) < 4.78 is 5.08. The van der Waals surface area contributed by atoms with Gasteiger partial charge in [-0.1, -0.05) is 32.0 Å². The van der Waals surface area contributed by atoms with Crippen molar-refractivity contribution < 1.29 is 14.3 Å². The molecule has 2 aliphatic rings. The van der Waals surface area contributed by atoms with Crippen molar-refractivity contribution in [3.05, 3.63) is 58.6 Å². The number of aromatic nitrogens is 1. The molecule has 1 aromatic heterocycles. The van der Waals surface area contributed by atoms with Crippen molar-refractivity contribution in [2.75, 3.05) is 7.11 Å². The Hall–Kier alpha value is -2.82. The first-order valence-electron chi connectivity index (χ1n) is 9.21. The Kier molecular flexibility index (Phi) is 3.98. The minimum atomic E-state index is -0.423. The Balaban J connectivity index is 1.97. The van der Waals surface area contributed by atoms with Crippen LogP contribution in [-0.2, 0) is 14.3 Å². The molecule has 1 aromatic carbocycles. The van der Waals surface area contributed by atoms with E-state index < -0.39 is 11.9 Å². The van der Waals surface area contributed by atoms with Crippen LogP contribution in [0.1, 0.15) is 45.1 Å². The Bertz CT molecular complexity index is 1020. The van der Waals surface area contributed by atoms with E-state index in [0.717, 1.165) is 34.3 Å². The van der Waals surface area contributed by atoms with Crippen molar-refractivity contribution in [2.45, 2.75) is 39.5 Å². The third kappa shape index (κ3) is 2.78. The van der Waals surface area contributed by atoms with Gasteiger partial charge in [-0.2, -0.15) is 0 Å². The van der Waals surface area contributed by atoms with Gasteiger partial charge in [-0.15, -0.1) is 0 Å². The second-order valence-corrected chi connectivity index (χ2v) is 8.21. The van der Waals surface area contributed by atoms with Crippen LogP contribution >= 0.6 is 0 Å². The lowest BCUT2D eigenvalue weighted by Crippen LogP contribution is -2.38. The van der Waals surface area contributed by atoms with E-state index in [1.165, 1.54) is 7.11 Å². The van der Waals surface area contributed by atoms with Gasteiger partial charge in [-0.25, -0.2) is 4.79 Å². The molecule has 4 rings (SSSR count). The second kappa shape index (κ2) is 6.12. The maximum Gasteiger partial charge on any atom is 0.336 e. The standard InChI is InChI=1S/C22H24N2O3/c1-12-18(21(26)27-4)19(14-11-23-15-8-6-5-7-13(14)15)20-16(24-12)9-22(2,3)10-17(20)25/h5-8,11,19,23-24H,9-10H2,1-4H3/t19-/m0/s1. The Morgan fingerprint density at radius 1 is 1.22 bits per heavy atom. The Labute approximate surface area is 158 Å². The number of H-pyrrole nitrogens is 1. The lowest BCUT2D eigenvalue weighted by Gasteiger charge is -2.39. The average molecular weight is 364 g/mol. The Morgan fingerprint density at radius 2 is 1.96 bits per heavy atom. The number of hydrogen-bond acceptors (Lipinski definition) is 4. The molecule has 140 valence electrons. The molecule has 2 heterocycles. The number of ketones is 1. The molecule has 0 fully saturated rings. The van der Waals surface area contributed by atoms with Crippen LogP contribution in [0.4, 0.5) is 0 Å². The quantitative estimate of drug-likeness (QED) is 0.792. The van der Waals surface area contributed by atoms with Gasteiger partial charge in [0.05, 0.1) is 18.6 Å². The summed E-state index contributed by atoms with van der Waals surface area (Å²) in [5.74, 6) is -0.731. The largest absolute Gasteiger partial charge is 0.466 e. The molecule has 0 unspecified atom stereocenters. The number of methoxy groups -OCH3 is 1. The summed E-state index contributed by atoms with van der Waals surface area (Å²) in [6, 6.07) is 7.95. The van der Waals surface area contributed by atoms with Gasteiger partial charge in [-0.05, 0) is 30.4 Å². The van der Waals surface area contributed by atoms with E-state index in [4.69, 9.17) is 4.74 Å². The molecule has 27 heavy (non-hydrogen) atoms. The third-order valence-electron chi connectivity index (χ3n) is 5.58. The molecule has 2 N–H and O–H groups in total. The number of dihydropyridines is 1. The van der Waals surface area contributed by atoms with Gasteiger partial charge in [0.25, 0.3) is 0 Å². The van der Waals surface area contributed by atoms with E-state index in [1.807, 2.05) is 37.4 Å². The maximum atomic E-state index is 13.2. The molecule has 2 aromatic rings. The summed E-state index contributed by atoms with van der Waals surface area (Å²) in [6.45, 7) is 6.09. The highest BCUT2D eigenvalue weighted by Gasteiger charge is 2.43. The number of aromatic amines is 1. The summed E-state index contributed by atoms with van der Waals surface area (Å²) in [5.41, 5.74) is 4.71. The first-order valence-corrected chi connectivity index (χ1v) is 9.21. The number of hydrogen-bond donors (Lipinski definition) is 2. The molecule has 0 saturated heterocycles. The molecular formula is C22H24N2O3. The summed E-state index contributed by atoms with van der Waals surface area (Å²) in [7, 11) is 1.38. The molecule has 1 aliphatic carbocycles. The molecule has 0 bridgehead atoms. The van der Waals surface area contributed by atoms with E-state index in [9.17, 15) is 9.59 Å². The number of carbonyl (C=O) groups excluding carboxylic acids is 2. The smallest absolute Gasteiger partial charge is 0.336 e. The van der Waals surface area contributed by atoms with Gasteiger partial charge in [0.2, 0.25) is 0 Å².